The van der Waals surface area contributed by atoms with Crippen LogP contribution in [0.2, 0.25) is 0 Å². The van der Waals surface area contributed by atoms with E-state index in [1.54, 1.807) is 0 Å². The fourth-order valence-electron chi connectivity index (χ4n) is 12.3. The Morgan fingerprint density at radius 3 is 1.25 bits per heavy atom. The lowest BCUT2D eigenvalue weighted by Crippen LogP contribution is -2.19. The van der Waals surface area contributed by atoms with Gasteiger partial charge in [-0.15, -0.1) is 0 Å². The molecule has 0 unspecified atom stereocenters. The molecule has 306 valence electrons. The molecule has 4 aliphatic carbocycles. The lowest BCUT2D eigenvalue weighted by atomic mass is 9.75. The number of benzene rings is 8. The molecule has 0 N–H and O–H groups in total. The number of allylic oxidation sites excluding steroid dienone is 2. The smallest absolute Gasteiger partial charge is 0.0468 e. The summed E-state index contributed by atoms with van der Waals surface area (Å²) < 4.78 is 0. The Bertz CT molecular complexity index is 3260. The van der Waals surface area contributed by atoms with E-state index < -0.39 is 0 Å². The third-order valence-corrected chi connectivity index (χ3v) is 15.7. The summed E-state index contributed by atoms with van der Waals surface area (Å²) in [6.45, 7) is 19.1. The predicted molar refractivity (Wildman–Crippen MR) is 266 cm³/mol. The highest BCUT2D eigenvalue weighted by molar-refractivity contribution is 6.09. The van der Waals surface area contributed by atoms with E-state index in [0.29, 0.717) is 0 Å². The minimum Gasteiger partial charge on any atom is -0.310 e. The van der Waals surface area contributed by atoms with Crippen LogP contribution in [0.1, 0.15) is 99.9 Å². The van der Waals surface area contributed by atoms with Crippen LogP contribution >= 0.6 is 0 Å². The first kappa shape index (κ1) is 38.0. The van der Waals surface area contributed by atoms with Gasteiger partial charge in [-0.1, -0.05) is 189 Å². The second-order valence-electron chi connectivity index (χ2n) is 20.6. The van der Waals surface area contributed by atoms with E-state index in [9.17, 15) is 0 Å². The van der Waals surface area contributed by atoms with E-state index in [4.69, 9.17) is 0 Å². The highest BCUT2D eigenvalue weighted by atomic mass is 15.1. The Labute approximate surface area is 373 Å². The summed E-state index contributed by atoms with van der Waals surface area (Å²) in [7, 11) is 0. The molecule has 0 saturated heterocycles. The van der Waals surface area contributed by atoms with Gasteiger partial charge >= 0.3 is 0 Å². The highest BCUT2D eigenvalue weighted by Gasteiger charge is 2.49. The fraction of sp³-hybridized carbons (Fsp3) is 0.194. The van der Waals surface area contributed by atoms with Crippen LogP contribution in [0.3, 0.4) is 0 Å². The summed E-state index contributed by atoms with van der Waals surface area (Å²) >= 11 is 0. The molecule has 0 amide bonds. The van der Waals surface area contributed by atoms with E-state index in [1.807, 2.05) is 0 Å². The number of rotatable bonds is 5. The van der Waals surface area contributed by atoms with Gasteiger partial charge < -0.3 is 4.90 Å². The third-order valence-electron chi connectivity index (χ3n) is 15.7. The van der Waals surface area contributed by atoms with Crippen molar-refractivity contribution in [2.45, 2.75) is 77.0 Å². The highest BCUT2D eigenvalue weighted by Crippen LogP contribution is 2.63. The minimum absolute atomic E-state index is 0.0145. The van der Waals surface area contributed by atoms with Crippen molar-refractivity contribution in [1.29, 1.82) is 0 Å². The maximum Gasteiger partial charge on any atom is 0.0468 e. The largest absolute Gasteiger partial charge is 0.310 e. The first-order valence-electron chi connectivity index (χ1n) is 22.8. The van der Waals surface area contributed by atoms with Crippen molar-refractivity contribution in [3.8, 4) is 44.5 Å². The molecule has 12 rings (SSSR count). The Morgan fingerprint density at radius 2 is 0.619 bits per heavy atom. The molecule has 63 heavy (non-hydrogen) atoms. The predicted octanol–water partition coefficient (Wildman–Crippen LogP) is 16.6. The maximum absolute atomic E-state index is 2.46. The monoisotopic (exact) mass is 811 g/mol. The van der Waals surface area contributed by atoms with Crippen molar-refractivity contribution < 1.29 is 0 Å². The zero-order valence-electron chi connectivity index (χ0n) is 37.7. The van der Waals surface area contributed by atoms with Gasteiger partial charge in [0.1, 0.15) is 0 Å². The van der Waals surface area contributed by atoms with Crippen molar-refractivity contribution >= 4 is 28.2 Å². The van der Waals surface area contributed by atoms with Crippen molar-refractivity contribution in [3.63, 3.8) is 0 Å². The quantitative estimate of drug-likeness (QED) is 0.167. The van der Waals surface area contributed by atoms with Gasteiger partial charge in [0.2, 0.25) is 0 Å². The van der Waals surface area contributed by atoms with Crippen LogP contribution in [-0.4, -0.2) is 0 Å². The molecule has 8 aromatic rings. The van der Waals surface area contributed by atoms with Gasteiger partial charge in [-0.05, 0) is 143 Å². The lowest BCUT2D eigenvalue weighted by Gasteiger charge is -2.29. The van der Waals surface area contributed by atoms with Gasteiger partial charge in [0.05, 0.1) is 0 Å². The Hall–Kier alpha value is -6.70. The molecule has 0 heterocycles. The van der Waals surface area contributed by atoms with Crippen LogP contribution in [0.25, 0.3) is 55.7 Å². The number of hydrogen-bond acceptors (Lipinski definition) is 1. The second kappa shape index (κ2) is 12.9. The van der Waals surface area contributed by atoms with Gasteiger partial charge in [-0.3, -0.25) is 0 Å². The molecule has 0 atom stereocenters. The number of hydrogen-bond donors (Lipinski definition) is 0. The molecule has 1 heteroatoms. The summed E-state index contributed by atoms with van der Waals surface area (Å²) in [6, 6.07) is 66.7. The molecule has 0 bridgehead atoms. The summed E-state index contributed by atoms with van der Waals surface area (Å²) in [6.07, 6.45) is 0. The average Bonchev–Trinajstić information content (AvgIpc) is 3.88. The van der Waals surface area contributed by atoms with Crippen LogP contribution in [0.5, 0.6) is 0 Å². The number of fused-ring (bicyclic) bond motifs is 10. The van der Waals surface area contributed by atoms with Crippen LogP contribution < -0.4 is 4.90 Å². The summed E-state index contributed by atoms with van der Waals surface area (Å²) in [4.78, 5) is 2.46. The molecular weight excluding hydrogens is 759 g/mol. The first-order chi connectivity index (χ1) is 30.3. The Morgan fingerprint density at radius 1 is 0.254 bits per heavy atom. The van der Waals surface area contributed by atoms with E-state index in [0.717, 1.165) is 11.4 Å². The molecule has 0 saturated carbocycles. The van der Waals surface area contributed by atoms with Crippen LogP contribution in [0.15, 0.2) is 176 Å². The molecule has 8 aromatic carbocycles. The zero-order chi connectivity index (χ0) is 43.2. The molecule has 0 fully saturated rings. The van der Waals surface area contributed by atoms with Gasteiger partial charge in [0, 0.05) is 38.7 Å². The minimum atomic E-state index is -0.0966. The third kappa shape index (κ3) is 5.23. The topological polar surface area (TPSA) is 3.24 Å². The molecule has 0 spiro atoms. The standard InChI is InChI=1S/C62H53N/c1-59(2)52-19-13-10-16-46(52)50-36-43(31-34-54(50)59)63(44-30-33-47-45-15-9-12-18-51(45)60(3,4)56(47)37-44)42-28-25-39(26-29-42)38-21-23-40(24-22-38)41-27-32-49-55(35-41)62(7,8)57-48-17-11-14-20-53(48)61(5,6)58(49)57/h9-37H,1-8H3. The van der Waals surface area contributed by atoms with Gasteiger partial charge in [0.15, 0.2) is 0 Å². The summed E-state index contributed by atoms with van der Waals surface area (Å²) in [5.74, 6) is 0. The van der Waals surface area contributed by atoms with Gasteiger partial charge in [-0.25, -0.2) is 0 Å². The van der Waals surface area contributed by atoms with Crippen molar-refractivity contribution in [2.24, 2.45) is 0 Å². The van der Waals surface area contributed by atoms with Crippen molar-refractivity contribution in [1.82, 2.24) is 0 Å². The lowest BCUT2D eigenvalue weighted by molar-refractivity contribution is 0.660. The van der Waals surface area contributed by atoms with Crippen molar-refractivity contribution in [3.05, 3.63) is 220 Å². The zero-order valence-corrected chi connectivity index (χ0v) is 37.7. The van der Waals surface area contributed by atoms with Crippen LogP contribution in [-0.2, 0) is 21.7 Å². The normalized spacial score (nSPS) is 17.0. The Balaban J connectivity index is 0.895. The number of anilines is 3. The van der Waals surface area contributed by atoms with Crippen molar-refractivity contribution in [2.75, 3.05) is 4.90 Å². The first-order valence-corrected chi connectivity index (χ1v) is 22.8. The molecule has 4 aliphatic rings. The summed E-state index contributed by atoms with van der Waals surface area (Å²) in [5.41, 5.74) is 27.8. The van der Waals surface area contributed by atoms with E-state index in [2.05, 4.69) is 236 Å². The second-order valence-corrected chi connectivity index (χ2v) is 20.6. The van der Waals surface area contributed by atoms with E-state index in [1.165, 1.54) is 106 Å². The van der Waals surface area contributed by atoms with Gasteiger partial charge in [0.25, 0.3) is 0 Å². The number of nitrogens with zero attached hydrogens (tertiary/aromatic N) is 1. The van der Waals surface area contributed by atoms with Crippen LogP contribution in [0.4, 0.5) is 17.1 Å². The molecule has 0 aromatic heterocycles. The maximum atomic E-state index is 2.46. The fourth-order valence-corrected chi connectivity index (χ4v) is 12.3. The van der Waals surface area contributed by atoms with Gasteiger partial charge in [-0.2, -0.15) is 0 Å². The molecular formula is C62H53N. The van der Waals surface area contributed by atoms with Crippen LogP contribution in [0, 0.1) is 0 Å². The molecule has 1 nitrogen and oxygen atoms in total. The molecule has 0 radical (unpaired) electrons. The average molecular weight is 812 g/mol. The van der Waals surface area contributed by atoms with E-state index in [-0.39, 0.29) is 21.7 Å². The SMILES string of the molecule is CC1(C)C2=C(c3ccccc31)C(C)(C)c1cc(-c3ccc(-c4ccc(N(c5ccc6c(c5)-c5ccccc5C6(C)C)c5ccc6c(c5)C(C)(C)c5ccccc5-6)cc4)cc3)ccc12. The summed E-state index contributed by atoms with van der Waals surface area (Å²) in [5, 5.41) is 0. The Kier molecular flexibility index (Phi) is 7.80. The van der Waals surface area contributed by atoms with E-state index >= 15 is 0 Å². The molecule has 0 aliphatic heterocycles.